The lowest BCUT2D eigenvalue weighted by molar-refractivity contribution is -0.141. The Labute approximate surface area is 183 Å². The zero-order valence-corrected chi connectivity index (χ0v) is 17.8. The van der Waals surface area contributed by atoms with E-state index in [1.54, 1.807) is 6.07 Å². The molecular formula is C23H20ClNO4S. The molecule has 0 radical (unpaired) electrons. The molecule has 0 saturated carbocycles. The number of thiophene rings is 1. The fourth-order valence-corrected chi connectivity index (χ4v) is 5.01. The van der Waals surface area contributed by atoms with Gasteiger partial charge in [0.2, 0.25) is 0 Å². The number of aryl methyl sites for hydroxylation is 2. The molecule has 1 N–H and O–H groups in total. The minimum atomic E-state index is -0.674. The Morgan fingerprint density at radius 3 is 2.60 bits per heavy atom. The molecular weight excluding hydrogens is 422 g/mol. The Kier molecular flexibility index (Phi) is 6.16. The molecule has 0 atom stereocenters. The zero-order valence-electron chi connectivity index (χ0n) is 16.2. The third-order valence-electron chi connectivity index (χ3n) is 5.17. The summed E-state index contributed by atoms with van der Waals surface area (Å²) in [5, 5.41) is 3.67. The van der Waals surface area contributed by atoms with Crippen LogP contribution in [0.15, 0.2) is 42.5 Å². The molecule has 0 saturated heterocycles. The minimum Gasteiger partial charge on any atom is -0.456 e. The maximum Gasteiger partial charge on any atom is 0.325 e. The molecule has 1 amide bonds. The molecule has 2 aromatic carbocycles. The largest absolute Gasteiger partial charge is 0.456 e. The highest BCUT2D eigenvalue weighted by Crippen LogP contribution is 2.34. The van der Waals surface area contributed by atoms with E-state index in [1.807, 2.05) is 36.4 Å². The summed E-state index contributed by atoms with van der Waals surface area (Å²) in [6.07, 6.45) is 4.32. The lowest BCUT2D eigenvalue weighted by Gasteiger charge is -2.16. The Morgan fingerprint density at radius 1 is 1.03 bits per heavy atom. The number of ketones is 1. The van der Waals surface area contributed by atoms with Crippen LogP contribution in [-0.2, 0) is 22.4 Å². The van der Waals surface area contributed by atoms with Gasteiger partial charge in [-0.15, -0.1) is 11.3 Å². The summed E-state index contributed by atoms with van der Waals surface area (Å²) in [6, 6.07) is 13.1. The van der Waals surface area contributed by atoms with Crippen LogP contribution in [0.3, 0.4) is 0 Å². The van der Waals surface area contributed by atoms with Crippen LogP contribution in [0.25, 0.3) is 10.1 Å². The number of benzene rings is 2. The van der Waals surface area contributed by atoms with Crippen LogP contribution in [0.4, 0.5) is 0 Å². The van der Waals surface area contributed by atoms with Crippen LogP contribution in [0, 0.1) is 0 Å². The van der Waals surface area contributed by atoms with Gasteiger partial charge in [-0.1, -0.05) is 41.9 Å². The van der Waals surface area contributed by atoms with Crippen molar-refractivity contribution in [1.82, 2.24) is 5.32 Å². The van der Waals surface area contributed by atoms with E-state index in [9.17, 15) is 14.4 Å². The third kappa shape index (κ3) is 4.40. The molecule has 0 aliphatic heterocycles. The number of carbonyl (C=O) groups excluding carboxylic acids is 3. The molecule has 154 valence electrons. The Balaban J connectivity index is 1.30. The summed E-state index contributed by atoms with van der Waals surface area (Å²) in [6.45, 7) is -0.683. The molecule has 7 heteroatoms. The average Bonchev–Trinajstić information content (AvgIpc) is 3.12. The Morgan fingerprint density at radius 2 is 1.80 bits per heavy atom. The first-order chi connectivity index (χ1) is 14.5. The quantitative estimate of drug-likeness (QED) is 0.448. The third-order valence-corrected chi connectivity index (χ3v) is 6.84. The number of fused-ring (bicyclic) bond motifs is 2. The summed E-state index contributed by atoms with van der Waals surface area (Å²) < 4.78 is 5.94. The Bertz CT molecular complexity index is 1140. The van der Waals surface area contributed by atoms with Crippen molar-refractivity contribution in [2.75, 3.05) is 13.2 Å². The maximum atomic E-state index is 12.4. The van der Waals surface area contributed by atoms with Crippen LogP contribution in [0.1, 0.15) is 44.0 Å². The highest BCUT2D eigenvalue weighted by molar-refractivity contribution is 7.21. The van der Waals surface area contributed by atoms with Crippen LogP contribution in [0.5, 0.6) is 0 Å². The van der Waals surface area contributed by atoms with Crippen molar-refractivity contribution in [3.05, 3.63) is 69.1 Å². The van der Waals surface area contributed by atoms with Crippen LogP contribution >= 0.6 is 22.9 Å². The molecule has 0 fully saturated rings. The van der Waals surface area contributed by atoms with E-state index in [0.29, 0.717) is 15.5 Å². The van der Waals surface area contributed by atoms with Crippen LogP contribution < -0.4 is 5.32 Å². The summed E-state index contributed by atoms with van der Waals surface area (Å²) in [5.74, 6) is -1.37. The second-order valence-corrected chi connectivity index (χ2v) is 8.63. The summed E-state index contributed by atoms with van der Waals surface area (Å²) in [4.78, 5) is 37.1. The molecule has 1 aliphatic rings. The van der Waals surface area contributed by atoms with Crippen molar-refractivity contribution in [3.8, 4) is 0 Å². The fourth-order valence-electron chi connectivity index (χ4n) is 3.58. The van der Waals surface area contributed by atoms with Crippen molar-refractivity contribution in [2.45, 2.75) is 25.7 Å². The first-order valence-corrected chi connectivity index (χ1v) is 11.0. The normalized spacial score (nSPS) is 13.0. The summed E-state index contributed by atoms with van der Waals surface area (Å²) >= 11 is 7.54. The molecule has 1 aromatic heterocycles. The lowest BCUT2D eigenvalue weighted by atomic mass is 9.90. The highest BCUT2D eigenvalue weighted by Gasteiger charge is 2.19. The van der Waals surface area contributed by atoms with Gasteiger partial charge in [0.25, 0.3) is 5.91 Å². The fraction of sp³-hybridized carbons (Fsp3) is 0.261. The van der Waals surface area contributed by atoms with Gasteiger partial charge in [0.15, 0.2) is 12.4 Å². The number of Topliss-reactive ketones (excluding diaryl/α,β-unsaturated/α-hetero) is 1. The molecule has 0 spiro atoms. The standard InChI is InChI=1S/C23H20ClNO4S/c24-21-17-7-3-4-8-19(17)30-22(21)23(28)25-12-20(27)29-13-18(26)16-10-9-14-5-1-2-6-15(14)11-16/h3-4,7-11H,1-2,5-6,12-13H2,(H,25,28). The molecule has 30 heavy (non-hydrogen) atoms. The number of hydrogen-bond donors (Lipinski definition) is 1. The van der Waals surface area contributed by atoms with Gasteiger partial charge in [0.05, 0.1) is 5.02 Å². The monoisotopic (exact) mass is 441 g/mol. The van der Waals surface area contributed by atoms with Gasteiger partial charge in [-0.25, -0.2) is 0 Å². The zero-order chi connectivity index (χ0) is 21.1. The number of halogens is 1. The molecule has 5 nitrogen and oxygen atoms in total. The second kappa shape index (κ2) is 8.98. The maximum absolute atomic E-state index is 12.4. The Hall–Kier alpha value is -2.70. The van der Waals surface area contributed by atoms with Gasteiger partial charge < -0.3 is 10.1 Å². The van der Waals surface area contributed by atoms with E-state index in [0.717, 1.165) is 29.3 Å². The van der Waals surface area contributed by atoms with Gasteiger partial charge in [0.1, 0.15) is 11.4 Å². The number of rotatable bonds is 6. The number of ether oxygens (including phenoxy) is 1. The van der Waals surface area contributed by atoms with Crippen LogP contribution in [0.2, 0.25) is 5.02 Å². The summed E-state index contributed by atoms with van der Waals surface area (Å²) in [7, 11) is 0. The number of esters is 1. The first kappa shape index (κ1) is 20.6. The van der Waals surface area contributed by atoms with Crippen molar-refractivity contribution in [1.29, 1.82) is 0 Å². The number of hydrogen-bond acceptors (Lipinski definition) is 5. The SMILES string of the molecule is O=C(CNC(=O)c1sc2ccccc2c1Cl)OCC(=O)c1ccc2c(c1)CCCC2. The van der Waals surface area contributed by atoms with Crippen LogP contribution in [-0.4, -0.2) is 30.8 Å². The van der Waals surface area contributed by atoms with Crippen molar-refractivity contribution in [2.24, 2.45) is 0 Å². The number of amides is 1. The molecule has 4 rings (SSSR count). The minimum absolute atomic E-state index is 0.254. The van der Waals surface area contributed by atoms with Crippen molar-refractivity contribution >= 4 is 50.7 Å². The average molecular weight is 442 g/mol. The lowest BCUT2D eigenvalue weighted by Crippen LogP contribution is -2.31. The van der Waals surface area contributed by atoms with Gasteiger partial charge in [-0.3, -0.25) is 14.4 Å². The first-order valence-electron chi connectivity index (χ1n) is 9.79. The molecule has 1 aliphatic carbocycles. The number of carbonyl (C=O) groups is 3. The van der Waals surface area contributed by atoms with Gasteiger partial charge >= 0.3 is 5.97 Å². The summed E-state index contributed by atoms with van der Waals surface area (Å²) in [5.41, 5.74) is 3.04. The predicted molar refractivity (Wildman–Crippen MR) is 118 cm³/mol. The van der Waals surface area contributed by atoms with Crippen molar-refractivity contribution in [3.63, 3.8) is 0 Å². The molecule has 3 aromatic rings. The van der Waals surface area contributed by atoms with Gasteiger partial charge in [-0.2, -0.15) is 0 Å². The van der Waals surface area contributed by atoms with E-state index >= 15 is 0 Å². The van der Waals surface area contributed by atoms with Gasteiger partial charge in [-0.05, 0) is 48.9 Å². The molecule has 0 unspecified atom stereocenters. The van der Waals surface area contributed by atoms with E-state index in [1.165, 1.54) is 28.9 Å². The van der Waals surface area contributed by atoms with Crippen molar-refractivity contribution < 1.29 is 19.1 Å². The molecule has 1 heterocycles. The predicted octanol–water partition coefficient (Wildman–Crippen LogP) is 4.59. The molecule has 0 bridgehead atoms. The van der Waals surface area contributed by atoms with E-state index in [2.05, 4.69) is 5.32 Å². The van der Waals surface area contributed by atoms with E-state index < -0.39 is 11.9 Å². The smallest absolute Gasteiger partial charge is 0.325 e. The second-order valence-electron chi connectivity index (χ2n) is 7.20. The number of nitrogens with one attached hydrogen (secondary N) is 1. The van der Waals surface area contributed by atoms with Gasteiger partial charge in [0, 0.05) is 15.6 Å². The highest BCUT2D eigenvalue weighted by atomic mass is 35.5. The topological polar surface area (TPSA) is 72.5 Å². The van der Waals surface area contributed by atoms with E-state index in [-0.39, 0.29) is 18.9 Å². The van der Waals surface area contributed by atoms with E-state index in [4.69, 9.17) is 16.3 Å².